The Labute approximate surface area is 172 Å². The molecule has 28 heavy (non-hydrogen) atoms. The van der Waals surface area contributed by atoms with E-state index in [9.17, 15) is 0 Å². The lowest BCUT2D eigenvalue weighted by molar-refractivity contribution is -0.0390. The second-order valence-corrected chi connectivity index (χ2v) is 7.22. The van der Waals surface area contributed by atoms with Crippen LogP contribution in [0.4, 0.5) is 0 Å². The van der Waals surface area contributed by atoms with Crippen LogP contribution in [0.1, 0.15) is 29.5 Å². The fraction of sp³-hybridized carbons (Fsp3) is 0.409. The Kier molecular flexibility index (Phi) is 8.15. The molecule has 1 heterocycles. The van der Waals surface area contributed by atoms with E-state index in [1.54, 1.807) is 7.05 Å². The number of halogens is 1. The van der Waals surface area contributed by atoms with Crippen LogP contribution in [-0.4, -0.2) is 32.3 Å². The predicted molar refractivity (Wildman–Crippen MR) is 114 cm³/mol. The Balaban J connectivity index is 1.46. The first-order valence-corrected chi connectivity index (χ1v) is 10.1. The Morgan fingerprint density at radius 2 is 1.82 bits per heavy atom. The van der Waals surface area contributed by atoms with Gasteiger partial charge in [0.1, 0.15) is 0 Å². The third-order valence-electron chi connectivity index (χ3n) is 4.73. The molecule has 150 valence electrons. The first kappa shape index (κ1) is 20.6. The van der Waals surface area contributed by atoms with Gasteiger partial charge in [0.25, 0.3) is 0 Å². The van der Waals surface area contributed by atoms with Crippen molar-refractivity contribution in [3.05, 3.63) is 70.2 Å². The van der Waals surface area contributed by atoms with Crippen molar-refractivity contribution in [3.8, 4) is 0 Å². The molecule has 6 heteroatoms. The summed E-state index contributed by atoms with van der Waals surface area (Å²) in [6.45, 7) is 3.55. The first-order valence-electron chi connectivity index (χ1n) is 9.69. The van der Waals surface area contributed by atoms with Gasteiger partial charge in [-0.1, -0.05) is 54.1 Å². The molecule has 0 atom stereocenters. The minimum Gasteiger partial charge on any atom is -0.381 e. The van der Waals surface area contributed by atoms with Crippen molar-refractivity contribution in [1.82, 2.24) is 10.6 Å². The van der Waals surface area contributed by atoms with Crippen molar-refractivity contribution in [3.63, 3.8) is 0 Å². The van der Waals surface area contributed by atoms with Crippen molar-refractivity contribution >= 4 is 17.6 Å². The third kappa shape index (κ3) is 6.51. The second-order valence-electron chi connectivity index (χ2n) is 6.81. The molecule has 1 aliphatic rings. The number of hydrogen-bond acceptors (Lipinski definition) is 3. The summed E-state index contributed by atoms with van der Waals surface area (Å²) in [5, 5.41) is 7.40. The van der Waals surface area contributed by atoms with Crippen molar-refractivity contribution in [1.29, 1.82) is 0 Å². The van der Waals surface area contributed by atoms with Crippen molar-refractivity contribution in [2.45, 2.75) is 38.6 Å². The van der Waals surface area contributed by atoms with Gasteiger partial charge in [0.2, 0.25) is 0 Å². The molecule has 0 bridgehead atoms. The highest BCUT2D eigenvalue weighted by molar-refractivity contribution is 6.31. The minimum atomic E-state index is 0.309. The molecule has 2 aromatic carbocycles. The van der Waals surface area contributed by atoms with Crippen LogP contribution in [0, 0.1) is 0 Å². The molecule has 0 unspecified atom stereocenters. The number of nitrogens with zero attached hydrogens (tertiary/aromatic N) is 1. The molecule has 1 aliphatic heterocycles. The summed E-state index contributed by atoms with van der Waals surface area (Å²) in [4.78, 5) is 4.28. The summed E-state index contributed by atoms with van der Waals surface area (Å²) in [7, 11) is 1.76. The highest BCUT2D eigenvalue weighted by Gasteiger charge is 2.14. The number of guanidine groups is 1. The molecule has 0 aromatic heterocycles. The highest BCUT2D eigenvalue weighted by atomic mass is 35.5. The van der Waals surface area contributed by atoms with E-state index >= 15 is 0 Å². The van der Waals surface area contributed by atoms with Gasteiger partial charge in [-0.25, -0.2) is 0 Å². The van der Waals surface area contributed by atoms with Crippen LogP contribution in [0.15, 0.2) is 53.5 Å². The number of benzene rings is 2. The lowest BCUT2D eigenvalue weighted by Crippen LogP contribution is -2.36. The summed E-state index contributed by atoms with van der Waals surface area (Å²) < 4.78 is 11.4. The van der Waals surface area contributed by atoms with Gasteiger partial charge in [-0.3, -0.25) is 4.99 Å². The van der Waals surface area contributed by atoms with Gasteiger partial charge < -0.3 is 20.1 Å². The maximum absolute atomic E-state index is 6.21. The molecular formula is C22H28ClN3O2. The largest absolute Gasteiger partial charge is 0.381 e. The fourth-order valence-corrected chi connectivity index (χ4v) is 3.32. The van der Waals surface area contributed by atoms with Gasteiger partial charge in [-0.05, 0) is 35.6 Å². The van der Waals surface area contributed by atoms with Crippen LogP contribution in [-0.2, 0) is 29.2 Å². The van der Waals surface area contributed by atoms with Gasteiger partial charge in [-0.15, -0.1) is 0 Å². The Morgan fingerprint density at radius 1 is 1.07 bits per heavy atom. The van der Waals surface area contributed by atoms with Crippen LogP contribution in [0.5, 0.6) is 0 Å². The number of ether oxygens (including phenoxy) is 2. The second kappa shape index (κ2) is 11.1. The zero-order valence-electron chi connectivity index (χ0n) is 16.3. The average molecular weight is 402 g/mol. The van der Waals surface area contributed by atoms with Gasteiger partial charge >= 0.3 is 0 Å². The van der Waals surface area contributed by atoms with E-state index in [0.717, 1.165) is 42.6 Å². The minimum absolute atomic E-state index is 0.309. The standard InChI is InChI=1S/C22H28ClN3O2/c1-24-22(26-15-19-7-2-3-8-21(19)23)25-14-17-5-4-6-18(13-17)16-28-20-9-11-27-12-10-20/h2-8,13,20H,9-12,14-16H2,1H3,(H2,24,25,26). The summed E-state index contributed by atoms with van der Waals surface area (Å²) in [6, 6.07) is 16.3. The first-order chi connectivity index (χ1) is 13.7. The van der Waals surface area contributed by atoms with Crippen LogP contribution in [0.2, 0.25) is 5.02 Å². The van der Waals surface area contributed by atoms with Crippen LogP contribution < -0.4 is 10.6 Å². The molecule has 1 fully saturated rings. The van der Waals surface area contributed by atoms with E-state index in [1.807, 2.05) is 24.3 Å². The molecule has 0 saturated carbocycles. The van der Waals surface area contributed by atoms with E-state index in [1.165, 1.54) is 11.1 Å². The van der Waals surface area contributed by atoms with E-state index in [2.05, 4.69) is 39.9 Å². The normalized spacial score (nSPS) is 15.4. The fourth-order valence-electron chi connectivity index (χ4n) is 3.11. The zero-order chi connectivity index (χ0) is 19.6. The summed E-state index contributed by atoms with van der Waals surface area (Å²) in [5.41, 5.74) is 3.41. The molecule has 0 amide bonds. The average Bonchev–Trinajstić information content (AvgIpc) is 2.74. The molecule has 0 radical (unpaired) electrons. The highest BCUT2D eigenvalue weighted by Crippen LogP contribution is 2.15. The molecule has 2 aromatic rings. The molecular weight excluding hydrogens is 374 g/mol. The monoisotopic (exact) mass is 401 g/mol. The van der Waals surface area contributed by atoms with Gasteiger partial charge in [0.05, 0.1) is 12.7 Å². The number of hydrogen-bond donors (Lipinski definition) is 2. The molecule has 0 spiro atoms. The smallest absolute Gasteiger partial charge is 0.191 e. The predicted octanol–water partition coefficient (Wildman–Crippen LogP) is 3.90. The summed E-state index contributed by atoms with van der Waals surface area (Å²) in [5.74, 6) is 0.740. The van der Waals surface area contributed by atoms with Crippen molar-refractivity contribution in [2.24, 2.45) is 4.99 Å². The Morgan fingerprint density at radius 3 is 2.61 bits per heavy atom. The van der Waals surface area contributed by atoms with Crippen LogP contribution in [0.25, 0.3) is 0 Å². The van der Waals surface area contributed by atoms with Crippen molar-refractivity contribution < 1.29 is 9.47 Å². The van der Waals surface area contributed by atoms with E-state index < -0.39 is 0 Å². The topological polar surface area (TPSA) is 54.9 Å². The zero-order valence-corrected chi connectivity index (χ0v) is 17.0. The lowest BCUT2D eigenvalue weighted by Gasteiger charge is -2.22. The van der Waals surface area contributed by atoms with Gasteiger partial charge in [0, 0.05) is 38.4 Å². The Bertz CT molecular complexity index is 776. The quantitative estimate of drug-likeness (QED) is 0.545. The number of aliphatic imine (C=N–C) groups is 1. The van der Waals surface area contributed by atoms with Crippen LogP contribution in [0.3, 0.4) is 0 Å². The molecule has 3 rings (SSSR count). The maximum atomic E-state index is 6.21. The number of nitrogens with one attached hydrogen (secondary N) is 2. The molecule has 0 aliphatic carbocycles. The van der Waals surface area contributed by atoms with Crippen LogP contribution >= 0.6 is 11.6 Å². The molecule has 2 N–H and O–H groups in total. The van der Waals surface area contributed by atoms with E-state index in [4.69, 9.17) is 21.1 Å². The maximum Gasteiger partial charge on any atom is 0.191 e. The third-order valence-corrected chi connectivity index (χ3v) is 5.10. The lowest BCUT2D eigenvalue weighted by atomic mass is 10.1. The van der Waals surface area contributed by atoms with E-state index in [-0.39, 0.29) is 0 Å². The summed E-state index contributed by atoms with van der Waals surface area (Å²) >= 11 is 6.21. The van der Waals surface area contributed by atoms with Gasteiger partial charge in [-0.2, -0.15) is 0 Å². The number of rotatable bonds is 7. The molecule has 1 saturated heterocycles. The SMILES string of the molecule is CN=C(NCc1cccc(COC2CCOCC2)c1)NCc1ccccc1Cl. The van der Waals surface area contributed by atoms with Crippen molar-refractivity contribution in [2.75, 3.05) is 20.3 Å². The molecule has 5 nitrogen and oxygen atoms in total. The van der Waals surface area contributed by atoms with Gasteiger partial charge in [0.15, 0.2) is 5.96 Å². The Hall–Kier alpha value is -2.08. The van der Waals surface area contributed by atoms with E-state index in [0.29, 0.717) is 25.8 Å². The summed E-state index contributed by atoms with van der Waals surface area (Å²) in [6.07, 6.45) is 2.27.